The molecule has 0 aliphatic carbocycles. The van der Waals surface area contributed by atoms with Gasteiger partial charge >= 0.3 is 0 Å². The van der Waals surface area contributed by atoms with Gasteiger partial charge in [0, 0.05) is 28.9 Å². The van der Waals surface area contributed by atoms with Crippen molar-refractivity contribution in [2.45, 2.75) is 43.8 Å². The van der Waals surface area contributed by atoms with Crippen LogP contribution in [0.4, 0.5) is 0 Å². The Kier molecular flexibility index (Phi) is 10.4. The third kappa shape index (κ3) is 8.46. The second-order valence-corrected chi connectivity index (χ2v) is 10.7. The zero-order valence-corrected chi connectivity index (χ0v) is 22.6. The monoisotopic (exact) mass is 548 g/mol. The Morgan fingerprint density at radius 3 is 2.20 bits per heavy atom. The van der Waals surface area contributed by atoms with Crippen molar-refractivity contribution >= 4 is 58.4 Å². The van der Waals surface area contributed by atoms with Crippen LogP contribution in [-0.2, 0) is 22.6 Å². The van der Waals surface area contributed by atoms with E-state index in [1.807, 2.05) is 62.4 Å². The molecule has 0 bridgehead atoms. The zero-order chi connectivity index (χ0) is 25.4. The highest BCUT2D eigenvalue weighted by Gasteiger charge is 2.30. The summed E-state index contributed by atoms with van der Waals surface area (Å²) in [4.78, 5) is 29.5. The van der Waals surface area contributed by atoms with Crippen LogP contribution in [0.1, 0.15) is 25.0 Å². The summed E-state index contributed by atoms with van der Waals surface area (Å²) in [6.07, 6.45) is 0.387. The number of hydrogen-bond donors (Lipinski definition) is 1. The second-order valence-electron chi connectivity index (χ2n) is 8.38. The normalized spacial score (nSPS) is 11.8. The van der Waals surface area contributed by atoms with Gasteiger partial charge in [-0.1, -0.05) is 71.2 Å². The Hall–Kier alpha value is -2.18. The molecule has 1 N–H and O–H groups in total. The first-order valence-corrected chi connectivity index (χ1v) is 13.3. The van der Waals surface area contributed by atoms with Gasteiger partial charge in [0.15, 0.2) is 0 Å². The summed E-state index contributed by atoms with van der Waals surface area (Å²) >= 11 is 19.7. The summed E-state index contributed by atoms with van der Waals surface area (Å²) in [5.41, 5.74) is 1.76. The second kappa shape index (κ2) is 13.2. The lowest BCUT2D eigenvalue weighted by atomic mass is 10.0. The first kappa shape index (κ1) is 27.4. The highest BCUT2D eigenvalue weighted by Crippen LogP contribution is 2.26. The van der Waals surface area contributed by atoms with Gasteiger partial charge in [-0.25, -0.2) is 0 Å². The predicted octanol–water partition coefficient (Wildman–Crippen LogP) is 6.90. The lowest BCUT2D eigenvalue weighted by Gasteiger charge is -2.32. The average molecular weight is 550 g/mol. The Labute approximate surface area is 225 Å². The van der Waals surface area contributed by atoms with Crippen molar-refractivity contribution in [2.24, 2.45) is 0 Å². The van der Waals surface area contributed by atoms with E-state index in [1.54, 1.807) is 29.2 Å². The van der Waals surface area contributed by atoms with Crippen LogP contribution >= 0.6 is 46.6 Å². The van der Waals surface area contributed by atoms with Gasteiger partial charge in [-0.15, -0.1) is 11.8 Å². The molecule has 0 aromatic heterocycles. The van der Waals surface area contributed by atoms with E-state index >= 15 is 0 Å². The molecule has 0 saturated heterocycles. The number of amides is 2. The Morgan fingerprint density at radius 1 is 0.886 bits per heavy atom. The number of hydrogen-bond acceptors (Lipinski definition) is 3. The van der Waals surface area contributed by atoms with Crippen LogP contribution in [-0.4, -0.2) is 34.6 Å². The lowest BCUT2D eigenvalue weighted by Crippen LogP contribution is -2.52. The molecular formula is C27H27Cl3N2O2S. The van der Waals surface area contributed by atoms with Gasteiger partial charge < -0.3 is 10.2 Å². The van der Waals surface area contributed by atoms with Gasteiger partial charge in [-0.2, -0.15) is 0 Å². The lowest BCUT2D eigenvalue weighted by molar-refractivity contribution is -0.139. The number of rotatable bonds is 10. The van der Waals surface area contributed by atoms with Crippen LogP contribution in [0.25, 0.3) is 0 Å². The zero-order valence-electron chi connectivity index (χ0n) is 19.5. The molecule has 2 amide bonds. The van der Waals surface area contributed by atoms with E-state index in [4.69, 9.17) is 34.8 Å². The fourth-order valence-electron chi connectivity index (χ4n) is 3.53. The highest BCUT2D eigenvalue weighted by molar-refractivity contribution is 8.00. The molecule has 0 heterocycles. The number of carbonyl (C=O) groups is 2. The van der Waals surface area contributed by atoms with E-state index in [2.05, 4.69) is 5.32 Å². The molecule has 0 spiro atoms. The number of carbonyl (C=O) groups excluding carboxylic acids is 2. The topological polar surface area (TPSA) is 49.4 Å². The molecule has 3 aromatic carbocycles. The average Bonchev–Trinajstić information content (AvgIpc) is 2.83. The van der Waals surface area contributed by atoms with E-state index in [0.29, 0.717) is 21.5 Å². The molecule has 0 aliphatic rings. The summed E-state index contributed by atoms with van der Waals surface area (Å²) < 4.78 is 0. The summed E-state index contributed by atoms with van der Waals surface area (Å²) in [7, 11) is 0. The fourth-order valence-corrected chi connectivity index (χ4v) is 4.76. The summed E-state index contributed by atoms with van der Waals surface area (Å²) in [5.74, 6) is -0.187. The van der Waals surface area contributed by atoms with Crippen molar-refractivity contribution in [3.05, 3.63) is 99.0 Å². The molecule has 0 unspecified atom stereocenters. The van der Waals surface area contributed by atoms with Crippen molar-refractivity contribution in [3.8, 4) is 0 Å². The van der Waals surface area contributed by atoms with Crippen molar-refractivity contribution in [3.63, 3.8) is 0 Å². The standard InChI is InChI=1S/C27H27Cl3N2O2S/c1-18(2)31-27(34)25(15-19-6-4-3-5-7-19)32(16-20-8-13-23(29)24(30)14-20)26(33)17-35-22-11-9-21(28)10-12-22/h3-14,18,25H,15-17H2,1-2H3,(H,31,34)/t25-/m1/s1. The van der Waals surface area contributed by atoms with Crippen molar-refractivity contribution in [1.29, 1.82) is 0 Å². The number of halogens is 3. The van der Waals surface area contributed by atoms with Crippen LogP contribution in [0, 0.1) is 0 Å². The van der Waals surface area contributed by atoms with Crippen LogP contribution in [0.3, 0.4) is 0 Å². The molecular weight excluding hydrogens is 523 g/mol. The van der Waals surface area contributed by atoms with Crippen LogP contribution in [0.2, 0.25) is 15.1 Å². The predicted molar refractivity (Wildman–Crippen MR) is 146 cm³/mol. The summed E-state index contributed by atoms with van der Waals surface area (Å²) in [6, 6.07) is 21.5. The van der Waals surface area contributed by atoms with Crippen molar-refractivity contribution in [2.75, 3.05) is 5.75 Å². The molecule has 3 aromatic rings. The molecule has 35 heavy (non-hydrogen) atoms. The van der Waals surface area contributed by atoms with E-state index in [9.17, 15) is 9.59 Å². The Balaban J connectivity index is 1.92. The molecule has 0 aliphatic heterocycles. The maximum atomic E-state index is 13.6. The number of thioether (sulfide) groups is 1. The third-order valence-corrected chi connectivity index (χ3v) is 7.20. The molecule has 4 nitrogen and oxygen atoms in total. The van der Waals surface area contributed by atoms with Gasteiger partial charge in [0.1, 0.15) is 6.04 Å². The minimum atomic E-state index is -0.701. The van der Waals surface area contributed by atoms with Crippen LogP contribution < -0.4 is 5.32 Å². The molecule has 0 saturated carbocycles. The highest BCUT2D eigenvalue weighted by atomic mass is 35.5. The first-order chi connectivity index (χ1) is 16.7. The summed E-state index contributed by atoms with van der Waals surface area (Å²) in [5, 5.41) is 4.45. The molecule has 1 atom stereocenters. The fraction of sp³-hybridized carbons (Fsp3) is 0.259. The van der Waals surface area contributed by atoms with Crippen molar-refractivity contribution < 1.29 is 9.59 Å². The minimum Gasteiger partial charge on any atom is -0.352 e. The van der Waals surface area contributed by atoms with E-state index in [1.165, 1.54) is 11.8 Å². The van der Waals surface area contributed by atoms with Gasteiger partial charge in [-0.3, -0.25) is 9.59 Å². The molecule has 184 valence electrons. The first-order valence-electron chi connectivity index (χ1n) is 11.2. The van der Waals surface area contributed by atoms with E-state index in [-0.39, 0.29) is 30.2 Å². The minimum absolute atomic E-state index is 0.0638. The maximum Gasteiger partial charge on any atom is 0.243 e. The van der Waals surface area contributed by atoms with E-state index < -0.39 is 6.04 Å². The quantitative estimate of drug-likeness (QED) is 0.280. The van der Waals surface area contributed by atoms with Gasteiger partial charge in [-0.05, 0) is 61.4 Å². The summed E-state index contributed by atoms with van der Waals surface area (Å²) in [6.45, 7) is 4.03. The van der Waals surface area contributed by atoms with Crippen LogP contribution in [0.5, 0.6) is 0 Å². The molecule has 8 heteroatoms. The largest absolute Gasteiger partial charge is 0.352 e. The maximum absolute atomic E-state index is 13.6. The Morgan fingerprint density at radius 2 is 1.57 bits per heavy atom. The third-order valence-electron chi connectivity index (χ3n) is 5.21. The number of benzene rings is 3. The SMILES string of the molecule is CC(C)NC(=O)[C@@H](Cc1ccccc1)N(Cc1ccc(Cl)c(Cl)c1)C(=O)CSc1ccc(Cl)cc1. The van der Waals surface area contributed by atoms with Crippen molar-refractivity contribution in [1.82, 2.24) is 10.2 Å². The molecule has 3 rings (SSSR count). The number of nitrogens with one attached hydrogen (secondary N) is 1. The molecule has 0 radical (unpaired) electrons. The van der Waals surface area contributed by atoms with Gasteiger partial charge in [0.2, 0.25) is 11.8 Å². The van der Waals surface area contributed by atoms with Gasteiger partial charge in [0.05, 0.1) is 15.8 Å². The number of nitrogens with zero attached hydrogens (tertiary/aromatic N) is 1. The van der Waals surface area contributed by atoms with E-state index in [0.717, 1.165) is 16.0 Å². The molecule has 0 fully saturated rings. The van der Waals surface area contributed by atoms with Gasteiger partial charge in [0.25, 0.3) is 0 Å². The smallest absolute Gasteiger partial charge is 0.243 e. The van der Waals surface area contributed by atoms with Crippen LogP contribution in [0.15, 0.2) is 77.7 Å². The Bertz CT molecular complexity index is 1140.